The minimum atomic E-state index is -0.199. The first-order valence-corrected chi connectivity index (χ1v) is 10.3. The fraction of sp³-hybridized carbons (Fsp3) is 0.737. The fourth-order valence-electron chi connectivity index (χ4n) is 2.59. The molecule has 2 amide bonds. The molecule has 0 spiro atoms. The third-order valence-corrected chi connectivity index (χ3v) is 5.22. The van der Waals surface area contributed by atoms with Crippen LogP contribution >= 0.6 is 11.3 Å². The molecule has 0 aromatic carbocycles. The van der Waals surface area contributed by atoms with E-state index >= 15 is 0 Å². The Morgan fingerprint density at radius 1 is 1.15 bits per heavy atom. The molecule has 1 N–H and O–H groups in total. The molecule has 26 heavy (non-hydrogen) atoms. The molecule has 0 radical (unpaired) electrons. The van der Waals surface area contributed by atoms with Crippen LogP contribution in [0, 0.1) is 13.8 Å². The molecule has 7 heteroatoms. The van der Waals surface area contributed by atoms with E-state index < -0.39 is 0 Å². The van der Waals surface area contributed by atoms with Crippen LogP contribution in [0.3, 0.4) is 0 Å². The highest BCUT2D eigenvalue weighted by Crippen LogP contribution is 2.21. The summed E-state index contributed by atoms with van der Waals surface area (Å²) in [6, 6.07) is 0. The Morgan fingerprint density at radius 3 is 2.50 bits per heavy atom. The molecule has 1 aromatic heterocycles. The number of carbonyl (C=O) groups is 2. The number of nitrogens with one attached hydrogen (secondary N) is 1. The number of hydrogen-bond acceptors (Lipinski definition) is 5. The number of aryl methyl sites for hydroxylation is 2. The molecule has 1 aromatic rings. The van der Waals surface area contributed by atoms with Crippen LogP contribution in [-0.2, 0) is 14.3 Å². The highest BCUT2D eigenvalue weighted by Gasteiger charge is 2.17. The van der Waals surface area contributed by atoms with E-state index in [4.69, 9.17) is 4.74 Å². The van der Waals surface area contributed by atoms with E-state index in [1.54, 1.807) is 12.0 Å². The fourth-order valence-corrected chi connectivity index (χ4v) is 3.42. The molecule has 0 aliphatic heterocycles. The van der Waals surface area contributed by atoms with Gasteiger partial charge in [-0.2, -0.15) is 0 Å². The van der Waals surface area contributed by atoms with Crippen LogP contribution in [0.5, 0.6) is 0 Å². The highest BCUT2D eigenvalue weighted by atomic mass is 32.1. The summed E-state index contributed by atoms with van der Waals surface area (Å²) in [6.07, 6.45) is 6.73. The van der Waals surface area contributed by atoms with Gasteiger partial charge in [0, 0.05) is 31.6 Å². The lowest BCUT2D eigenvalue weighted by molar-refractivity contribution is -0.135. The molecule has 6 nitrogen and oxygen atoms in total. The Bertz CT molecular complexity index is 541. The number of aromatic nitrogens is 1. The van der Waals surface area contributed by atoms with Crippen molar-refractivity contribution in [2.75, 3.05) is 32.1 Å². The second-order valence-electron chi connectivity index (χ2n) is 6.53. The summed E-state index contributed by atoms with van der Waals surface area (Å²) in [5.74, 6) is -0.158. The number of carbonyl (C=O) groups excluding carboxylic acids is 2. The second kappa shape index (κ2) is 12.8. The Labute approximate surface area is 161 Å². The van der Waals surface area contributed by atoms with Gasteiger partial charge < -0.3 is 15.0 Å². The summed E-state index contributed by atoms with van der Waals surface area (Å²) in [6.45, 7) is 7.24. The number of thiazole rings is 1. The van der Waals surface area contributed by atoms with Gasteiger partial charge in [-0.15, -0.1) is 11.3 Å². The Kier molecular flexibility index (Phi) is 11.1. The molecule has 0 saturated heterocycles. The van der Waals surface area contributed by atoms with Crippen LogP contribution in [0.4, 0.5) is 5.13 Å². The van der Waals surface area contributed by atoms with Crippen LogP contribution in [0.25, 0.3) is 0 Å². The number of nitrogens with zero attached hydrogens (tertiary/aromatic N) is 2. The van der Waals surface area contributed by atoms with Crippen molar-refractivity contribution in [2.45, 2.75) is 65.7 Å². The van der Waals surface area contributed by atoms with Gasteiger partial charge in [0.2, 0.25) is 11.8 Å². The molecule has 0 saturated carbocycles. The van der Waals surface area contributed by atoms with Crippen molar-refractivity contribution in [3.8, 4) is 0 Å². The first kappa shape index (κ1) is 22.6. The molecule has 1 rings (SSSR count). The summed E-state index contributed by atoms with van der Waals surface area (Å²) in [4.78, 5) is 31.9. The van der Waals surface area contributed by atoms with Gasteiger partial charge in [0.05, 0.1) is 12.2 Å². The molecule has 0 aliphatic rings. The van der Waals surface area contributed by atoms with E-state index in [0.717, 1.165) is 36.3 Å². The topological polar surface area (TPSA) is 71.5 Å². The van der Waals surface area contributed by atoms with Crippen molar-refractivity contribution in [1.29, 1.82) is 0 Å². The predicted octanol–water partition coefficient (Wildman–Crippen LogP) is 3.92. The highest BCUT2D eigenvalue weighted by molar-refractivity contribution is 7.15. The van der Waals surface area contributed by atoms with Gasteiger partial charge in [0.15, 0.2) is 5.13 Å². The van der Waals surface area contributed by atoms with Crippen molar-refractivity contribution in [2.24, 2.45) is 0 Å². The van der Waals surface area contributed by atoms with Gasteiger partial charge in [-0.3, -0.25) is 9.59 Å². The average molecular weight is 384 g/mol. The third kappa shape index (κ3) is 8.76. The van der Waals surface area contributed by atoms with Crippen LogP contribution in [-0.4, -0.2) is 48.5 Å². The zero-order valence-corrected chi connectivity index (χ0v) is 17.4. The maximum Gasteiger partial charge on any atom is 0.245 e. The lowest BCUT2D eigenvalue weighted by Crippen LogP contribution is -2.39. The molecular weight excluding hydrogens is 350 g/mol. The smallest absolute Gasteiger partial charge is 0.245 e. The maximum absolute atomic E-state index is 12.5. The van der Waals surface area contributed by atoms with Gasteiger partial charge in [0.25, 0.3) is 0 Å². The van der Waals surface area contributed by atoms with Crippen molar-refractivity contribution in [1.82, 2.24) is 9.88 Å². The number of hydrogen-bond donors (Lipinski definition) is 1. The molecular formula is C19H33N3O3S. The number of anilines is 1. The van der Waals surface area contributed by atoms with Crippen molar-refractivity contribution < 1.29 is 14.3 Å². The van der Waals surface area contributed by atoms with Crippen LogP contribution < -0.4 is 5.32 Å². The molecule has 0 aliphatic carbocycles. The van der Waals surface area contributed by atoms with Gasteiger partial charge in [-0.05, 0) is 26.7 Å². The minimum Gasteiger partial charge on any atom is -0.385 e. The Hall–Kier alpha value is -1.47. The van der Waals surface area contributed by atoms with Crippen molar-refractivity contribution in [3.05, 3.63) is 10.6 Å². The number of ether oxygens (including phenoxy) is 1. The first-order chi connectivity index (χ1) is 12.5. The summed E-state index contributed by atoms with van der Waals surface area (Å²) >= 11 is 1.45. The summed E-state index contributed by atoms with van der Waals surface area (Å²) in [5.41, 5.74) is 0.922. The van der Waals surface area contributed by atoms with E-state index in [1.807, 2.05) is 13.8 Å². The van der Waals surface area contributed by atoms with Gasteiger partial charge in [0.1, 0.15) is 0 Å². The van der Waals surface area contributed by atoms with E-state index in [1.165, 1.54) is 24.2 Å². The van der Waals surface area contributed by atoms with E-state index in [9.17, 15) is 9.59 Å². The third-order valence-electron chi connectivity index (χ3n) is 4.23. The lowest BCUT2D eigenvalue weighted by Gasteiger charge is -2.22. The Morgan fingerprint density at radius 2 is 1.88 bits per heavy atom. The second-order valence-corrected chi connectivity index (χ2v) is 7.74. The predicted molar refractivity (Wildman–Crippen MR) is 107 cm³/mol. The van der Waals surface area contributed by atoms with E-state index in [2.05, 4.69) is 17.2 Å². The van der Waals surface area contributed by atoms with E-state index in [-0.39, 0.29) is 18.4 Å². The standard InChI is InChI=1S/C19H33N3O3S/c1-5-6-7-8-9-11-18(24)22(12-10-13-25-4)14-17(23)21-19-20-15(2)16(3)26-19/h5-14H2,1-4H3,(H,20,21,23). The quantitative estimate of drug-likeness (QED) is 0.524. The molecule has 1 heterocycles. The summed E-state index contributed by atoms with van der Waals surface area (Å²) in [5, 5.41) is 3.40. The van der Waals surface area contributed by atoms with Gasteiger partial charge in [-0.1, -0.05) is 32.6 Å². The summed E-state index contributed by atoms with van der Waals surface area (Å²) in [7, 11) is 1.64. The molecule has 0 fully saturated rings. The Balaban J connectivity index is 2.51. The molecule has 0 atom stereocenters. The van der Waals surface area contributed by atoms with E-state index in [0.29, 0.717) is 24.7 Å². The maximum atomic E-state index is 12.5. The number of methoxy groups -OCH3 is 1. The zero-order valence-electron chi connectivity index (χ0n) is 16.6. The molecule has 0 unspecified atom stereocenters. The van der Waals surface area contributed by atoms with Crippen LogP contribution in [0.15, 0.2) is 0 Å². The molecule has 0 bridgehead atoms. The number of rotatable bonds is 13. The zero-order chi connectivity index (χ0) is 19.4. The largest absolute Gasteiger partial charge is 0.385 e. The normalized spacial score (nSPS) is 10.8. The SMILES string of the molecule is CCCCCCCC(=O)N(CCCOC)CC(=O)Nc1nc(C)c(C)s1. The summed E-state index contributed by atoms with van der Waals surface area (Å²) < 4.78 is 5.07. The molecule has 148 valence electrons. The lowest BCUT2D eigenvalue weighted by atomic mass is 10.1. The monoisotopic (exact) mass is 383 g/mol. The average Bonchev–Trinajstić information content (AvgIpc) is 2.91. The first-order valence-electron chi connectivity index (χ1n) is 9.48. The number of amides is 2. The van der Waals surface area contributed by atoms with Crippen LogP contribution in [0.1, 0.15) is 62.4 Å². The van der Waals surface area contributed by atoms with Crippen LogP contribution in [0.2, 0.25) is 0 Å². The minimum absolute atomic E-state index is 0.0410. The van der Waals surface area contributed by atoms with Crippen molar-refractivity contribution >= 4 is 28.3 Å². The van der Waals surface area contributed by atoms with Crippen molar-refractivity contribution in [3.63, 3.8) is 0 Å². The number of unbranched alkanes of at least 4 members (excludes halogenated alkanes) is 4. The van der Waals surface area contributed by atoms with Gasteiger partial charge in [-0.25, -0.2) is 4.98 Å². The van der Waals surface area contributed by atoms with Gasteiger partial charge >= 0.3 is 0 Å².